The lowest BCUT2D eigenvalue weighted by molar-refractivity contribution is 0.573. The predicted molar refractivity (Wildman–Crippen MR) is 49.4 cm³/mol. The van der Waals surface area contributed by atoms with E-state index >= 15 is 0 Å². The Hall–Kier alpha value is -0.670. The molecule has 1 saturated heterocycles. The first-order valence-corrected chi connectivity index (χ1v) is 4.67. The fraction of sp³-hybridized carbons (Fsp3) is 0.444. The molecule has 0 aromatic carbocycles. The van der Waals surface area contributed by atoms with Crippen molar-refractivity contribution in [3.8, 4) is 0 Å². The quantitative estimate of drug-likeness (QED) is 0.750. The van der Waals surface area contributed by atoms with Gasteiger partial charge in [-0.05, 0) is 19.0 Å². The molecule has 1 aromatic heterocycles. The summed E-state index contributed by atoms with van der Waals surface area (Å²) < 4.78 is 13.3. The van der Waals surface area contributed by atoms with Gasteiger partial charge < -0.3 is 5.32 Å². The molecule has 13 heavy (non-hydrogen) atoms. The molecule has 0 radical (unpaired) electrons. The molecular formula is C9H10ClFN2. The van der Waals surface area contributed by atoms with E-state index in [4.69, 9.17) is 11.6 Å². The standard InChI is InChI=1S/C9H10ClFN2/c10-7-3-8(11)9(13-5-7)6-1-2-12-4-6/h3,5-6,12H,1-2,4H2. The van der Waals surface area contributed by atoms with Gasteiger partial charge >= 0.3 is 0 Å². The molecule has 2 nitrogen and oxygen atoms in total. The van der Waals surface area contributed by atoms with Crippen LogP contribution in [0.15, 0.2) is 12.3 Å². The average Bonchev–Trinajstić information content (AvgIpc) is 2.56. The lowest BCUT2D eigenvalue weighted by atomic mass is 10.0. The van der Waals surface area contributed by atoms with Crippen LogP contribution < -0.4 is 5.32 Å². The van der Waals surface area contributed by atoms with Crippen molar-refractivity contribution in [3.05, 3.63) is 28.8 Å². The van der Waals surface area contributed by atoms with E-state index in [1.54, 1.807) is 0 Å². The van der Waals surface area contributed by atoms with E-state index in [1.807, 2.05) is 0 Å². The molecule has 0 spiro atoms. The maximum Gasteiger partial charge on any atom is 0.146 e. The molecule has 0 saturated carbocycles. The Morgan fingerprint density at radius 2 is 2.46 bits per heavy atom. The Kier molecular flexibility index (Phi) is 2.47. The van der Waals surface area contributed by atoms with Crippen molar-refractivity contribution in [1.29, 1.82) is 0 Å². The second kappa shape index (κ2) is 3.60. The van der Waals surface area contributed by atoms with Crippen LogP contribution in [-0.4, -0.2) is 18.1 Å². The number of hydrogen-bond donors (Lipinski definition) is 1. The molecule has 4 heteroatoms. The Balaban J connectivity index is 2.29. The summed E-state index contributed by atoms with van der Waals surface area (Å²) in [5.41, 5.74) is 0.536. The normalized spacial score (nSPS) is 22.2. The highest BCUT2D eigenvalue weighted by atomic mass is 35.5. The van der Waals surface area contributed by atoms with Gasteiger partial charge in [-0.25, -0.2) is 4.39 Å². The van der Waals surface area contributed by atoms with E-state index < -0.39 is 0 Å². The van der Waals surface area contributed by atoms with E-state index in [2.05, 4.69) is 10.3 Å². The van der Waals surface area contributed by atoms with Crippen LogP contribution in [0.1, 0.15) is 18.0 Å². The van der Waals surface area contributed by atoms with Crippen molar-refractivity contribution in [2.24, 2.45) is 0 Å². The van der Waals surface area contributed by atoms with Gasteiger partial charge in [0.1, 0.15) is 5.82 Å². The first-order chi connectivity index (χ1) is 6.27. The molecule has 1 atom stereocenters. The number of pyridine rings is 1. The molecule has 1 aliphatic heterocycles. The van der Waals surface area contributed by atoms with Crippen LogP contribution in [0.3, 0.4) is 0 Å². The summed E-state index contributed by atoms with van der Waals surface area (Å²) in [6, 6.07) is 1.32. The fourth-order valence-corrected chi connectivity index (χ4v) is 1.76. The lowest BCUT2D eigenvalue weighted by Crippen LogP contribution is -2.10. The zero-order valence-corrected chi connectivity index (χ0v) is 7.81. The predicted octanol–water partition coefficient (Wildman–Crippen LogP) is 1.95. The van der Waals surface area contributed by atoms with Crippen LogP contribution in [-0.2, 0) is 0 Å². The van der Waals surface area contributed by atoms with Gasteiger partial charge in [-0.3, -0.25) is 4.98 Å². The molecule has 1 aliphatic rings. The first kappa shape index (κ1) is 8.91. The highest BCUT2D eigenvalue weighted by molar-refractivity contribution is 6.30. The number of nitrogens with zero attached hydrogens (tertiary/aromatic N) is 1. The topological polar surface area (TPSA) is 24.9 Å². The van der Waals surface area contributed by atoms with Crippen molar-refractivity contribution < 1.29 is 4.39 Å². The molecule has 1 unspecified atom stereocenters. The van der Waals surface area contributed by atoms with Crippen molar-refractivity contribution in [3.63, 3.8) is 0 Å². The highest BCUT2D eigenvalue weighted by Crippen LogP contribution is 2.24. The number of nitrogens with one attached hydrogen (secondary N) is 1. The SMILES string of the molecule is Fc1cc(Cl)cnc1C1CCNC1. The Bertz CT molecular complexity index is 310. The smallest absolute Gasteiger partial charge is 0.146 e. The maximum atomic E-state index is 13.3. The Morgan fingerprint density at radius 3 is 3.08 bits per heavy atom. The van der Waals surface area contributed by atoms with E-state index in [9.17, 15) is 4.39 Å². The summed E-state index contributed by atoms with van der Waals surface area (Å²) in [6.07, 6.45) is 2.45. The van der Waals surface area contributed by atoms with Gasteiger partial charge in [-0.1, -0.05) is 11.6 Å². The molecule has 1 fully saturated rings. The number of hydrogen-bond acceptors (Lipinski definition) is 2. The zero-order valence-electron chi connectivity index (χ0n) is 7.06. The van der Waals surface area contributed by atoms with Gasteiger partial charge in [0.05, 0.1) is 10.7 Å². The minimum absolute atomic E-state index is 0.206. The number of halogens is 2. The van der Waals surface area contributed by atoms with Crippen molar-refractivity contribution in [1.82, 2.24) is 10.3 Å². The maximum absolute atomic E-state index is 13.3. The number of rotatable bonds is 1. The third-order valence-electron chi connectivity index (χ3n) is 2.28. The summed E-state index contributed by atoms with van der Waals surface area (Å²) in [7, 11) is 0. The van der Waals surface area contributed by atoms with Crippen LogP contribution in [0.2, 0.25) is 5.02 Å². The number of aromatic nitrogens is 1. The summed E-state index contributed by atoms with van der Waals surface area (Å²) in [5, 5.41) is 3.53. The zero-order chi connectivity index (χ0) is 9.26. The molecule has 0 bridgehead atoms. The van der Waals surface area contributed by atoms with Gasteiger partial charge in [0, 0.05) is 18.7 Å². The second-order valence-corrected chi connectivity index (χ2v) is 3.65. The molecule has 2 rings (SSSR count). The van der Waals surface area contributed by atoms with Crippen LogP contribution in [0.25, 0.3) is 0 Å². The average molecular weight is 201 g/mol. The fourth-order valence-electron chi connectivity index (χ4n) is 1.61. The minimum atomic E-state index is -0.291. The van der Waals surface area contributed by atoms with Crippen molar-refractivity contribution >= 4 is 11.6 Å². The first-order valence-electron chi connectivity index (χ1n) is 4.29. The van der Waals surface area contributed by atoms with Gasteiger partial charge in [-0.15, -0.1) is 0 Å². The molecule has 1 aromatic rings. The molecule has 70 valence electrons. The second-order valence-electron chi connectivity index (χ2n) is 3.21. The van der Waals surface area contributed by atoms with Crippen molar-refractivity contribution in [2.45, 2.75) is 12.3 Å². The van der Waals surface area contributed by atoms with Gasteiger partial charge in [0.15, 0.2) is 0 Å². The van der Waals surface area contributed by atoms with Crippen molar-refractivity contribution in [2.75, 3.05) is 13.1 Å². The third-order valence-corrected chi connectivity index (χ3v) is 2.49. The van der Waals surface area contributed by atoms with E-state index in [1.165, 1.54) is 12.3 Å². The van der Waals surface area contributed by atoms with Gasteiger partial charge in [0.2, 0.25) is 0 Å². The molecule has 1 N–H and O–H groups in total. The summed E-state index contributed by atoms with van der Waals surface area (Å²) >= 11 is 5.61. The van der Waals surface area contributed by atoms with E-state index in [-0.39, 0.29) is 11.7 Å². The minimum Gasteiger partial charge on any atom is -0.316 e. The third kappa shape index (κ3) is 1.81. The Morgan fingerprint density at radius 1 is 1.62 bits per heavy atom. The largest absolute Gasteiger partial charge is 0.316 e. The van der Waals surface area contributed by atoms with Crippen LogP contribution in [0.4, 0.5) is 4.39 Å². The van der Waals surface area contributed by atoms with Crippen LogP contribution in [0, 0.1) is 5.82 Å². The van der Waals surface area contributed by atoms with Crippen LogP contribution >= 0.6 is 11.6 Å². The van der Waals surface area contributed by atoms with Gasteiger partial charge in [0.25, 0.3) is 0 Å². The van der Waals surface area contributed by atoms with Gasteiger partial charge in [-0.2, -0.15) is 0 Å². The molecular weight excluding hydrogens is 191 g/mol. The molecule has 0 amide bonds. The summed E-state index contributed by atoms with van der Waals surface area (Å²) in [4.78, 5) is 4.01. The Labute approximate surface area is 81.1 Å². The van der Waals surface area contributed by atoms with E-state index in [0.29, 0.717) is 10.7 Å². The summed E-state index contributed by atoms with van der Waals surface area (Å²) in [5.74, 6) is -0.0848. The molecule has 2 heterocycles. The summed E-state index contributed by atoms with van der Waals surface area (Å²) in [6.45, 7) is 1.75. The van der Waals surface area contributed by atoms with Crippen LogP contribution in [0.5, 0.6) is 0 Å². The highest BCUT2D eigenvalue weighted by Gasteiger charge is 2.21. The monoisotopic (exact) mass is 200 g/mol. The van der Waals surface area contributed by atoms with E-state index in [0.717, 1.165) is 19.5 Å². The lowest BCUT2D eigenvalue weighted by Gasteiger charge is -2.08. The molecule has 0 aliphatic carbocycles.